The lowest BCUT2D eigenvalue weighted by Crippen LogP contribution is -2.34. The van der Waals surface area contributed by atoms with E-state index in [1.807, 2.05) is 0 Å². The number of nitrogens with zero attached hydrogens (tertiary/aromatic N) is 4. The molecule has 3 N–H and O–H groups in total. The number of aromatic nitrogens is 4. The van der Waals surface area contributed by atoms with Gasteiger partial charge in [0.15, 0.2) is 0 Å². The second-order valence-corrected chi connectivity index (χ2v) is 5.62. The van der Waals surface area contributed by atoms with E-state index in [4.69, 9.17) is 5.73 Å². The Hall–Kier alpha value is -2.39. The number of hydrogen-bond acceptors (Lipinski definition) is 5. The SMILES string of the molecule is Cc1cc(N[C@@H]2CCC[C@@H]2C(N)=O)n2nc(C(F)(F)F)nc2n1. The first-order valence-corrected chi connectivity index (χ1v) is 7.13. The second kappa shape index (κ2) is 5.36. The van der Waals surface area contributed by atoms with Gasteiger partial charge in [-0.25, -0.2) is 4.98 Å². The third-order valence-corrected chi connectivity index (χ3v) is 3.91. The van der Waals surface area contributed by atoms with Gasteiger partial charge < -0.3 is 11.1 Å². The molecule has 10 heteroatoms. The van der Waals surface area contributed by atoms with Gasteiger partial charge in [-0.05, 0) is 19.8 Å². The molecule has 23 heavy (non-hydrogen) atoms. The molecule has 1 aliphatic rings. The Morgan fingerprint density at radius 3 is 2.78 bits per heavy atom. The highest BCUT2D eigenvalue weighted by Crippen LogP contribution is 2.30. The van der Waals surface area contributed by atoms with E-state index in [2.05, 4.69) is 20.4 Å². The summed E-state index contributed by atoms with van der Waals surface area (Å²) in [7, 11) is 0. The minimum atomic E-state index is -4.65. The summed E-state index contributed by atoms with van der Waals surface area (Å²) in [5.74, 6) is -1.86. The molecule has 0 spiro atoms. The molecule has 0 aromatic carbocycles. The number of alkyl halides is 3. The first-order chi connectivity index (χ1) is 10.8. The molecule has 0 bridgehead atoms. The lowest BCUT2D eigenvalue weighted by molar-refractivity contribution is -0.144. The molecule has 124 valence electrons. The minimum Gasteiger partial charge on any atom is -0.369 e. The van der Waals surface area contributed by atoms with Crippen LogP contribution in [0.2, 0.25) is 0 Å². The van der Waals surface area contributed by atoms with Crippen molar-refractivity contribution in [2.75, 3.05) is 5.32 Å². The third-order valence-electron chi connectivity index (χ3n) is 3.91. The summed E-state index contributed by atoms with van der Waals surface area (Å²) in [6.45, 7) is 1.65. The van der Waals surface area contributed by atoms with Crippen molar-refractivity contribution in [1.29, 1.82) is 0 Å². The largest absolute Gasteiger partial charge is 0.453 e. The fourth-order valence-electron chi connectivity index (χ4n) is 2.87. The lowest BCUT2D eigenvalue weighted by atomic mass is 10.0. The van der Waals surface area contributed by atoms with E-state index in [1.165, 1.54) is 0 Å². The average molecular weight is 328 g/mol. The highest BCUT2D eigenvalue weighted by atomic mass is 19.4. The smallest absolute Gasteiger partial charge is 0.369 e. The van der Waals surface area contributed by atoms with Crippen molar-refractivity contribution in [3.05, 3.63) is 17.6 Å². The van der Waals surface area contributed by atoms with Gasteiger partial charge in [0.05, 0.1) is 5.92 Å². The molecular weight excluding hydrogens is 313 g/mol. The zero-order chi connectivity index (χ0) is 16.8. The normalized spacial score (nSPS) is 21.7. The maximum Gasteiger partial charge on any atom is 0.453 e. The number of amides is 1. The van der Waals surface area contributed by atoms with Crippen LogP contribution in [0.1, 0.15) is 30.8 Å². The number of hydrogen-bond donors (Lipinski definition) is 2. The van der Waals surface area contributed by atoms with Crippen LogP contribution in [0, 0.1) is 12.8 Å². The predicted octanol–water partition coefficient (Wildman–Crippen LogP) is 1.52. The lowest BCUT2D eigenvalue weighted by Gasteiger charge is -2.19. The van der Waals surface area contributed by atoms with Crippen LogP contribution in [0.15, 0.2) is 6.07 Å². The molecular formula is C13H15F3N6O. The van der Waals surface area contributed by atoms with Gasteiger partial charge in [-0.3, -0.25) is 4.79 Å². The molecule has 1 saturated carbocycles. The monoisotopic (exact) mass is 328 g/mol. The van der Waals surface area contributed by atoms with Crippen LogP contribution in [0.4, 0.5) is 19.0 Å². The summed E-state index contributed by atoms with van der Waals surface area (Å²) in [5, 5.41) is 6.55. The van der Waals surface area contributed by atoms with E-state index >= 15 is 0 Å². The highest BCUT2D eigenvalue weighted by molar-refractivity contribution is 5.78. The zero-order valence-corrected chi connectivity index (χ0v) is 12.3. The first-order valence-electron chi connectivity index (χ1n) is 7.13. The Balaban J connectivity index is 2.00. The molecule has 1 aliphatic carbocycles. The number of rotatable bonds is 3. The molecule has 3 rings (SSSR count). The van der Waals surface area contributed by atoms with Gasteiger partial charge in [0, 0.05) is 17.8 Å². The van der Waals surface area contributed by atoms with Crippen LogP contribution in [0.5, 0.6) is 0 Å². The summed E-state index contributed by atoms with van der Waals surface area (Å²) in [4.78, 5) is 18.8. The van der Waals surface area contributed by atoms with Gasteiger partial charge in [-0.2, -0.15) is 22.7 Å². The number of carbonyl (C=O) groups is 1. The number of nitrogens with two attached hydrogens (primary N) is 1. The molecule has 2 aromatic rings. The van der Waals surface area contributed by atoms with E-state index in [9.17, 15) is 18.0 Å². The van der Waals surface area contributed by atoms with Crippen molar-refractivity contribution < 1.29 is 18.0 Å². The number of nitrogens with one attached hydrogen (secondary N) is 1. The van der Waals surface area contributed by atoms with Gasteiger partial charge >= 0.3 is 6.18 Å². The number of halogens is 3. The first kappa shape index (κ1) is 15.5. The van der Waals surface area contributed by atoms with Gasteiger partial charge in [0.25, 0.3) is 11.6 Å². The van der Waals surface area contributed by atoms with Gasteiger partial charge in [0.2, 0.25) is 5.91 Å². The van der Waals surface area contributed by atoms with Crippen LogP contribution in [-0.2, 0) is 11.0 Å². The molecule has 0 saturated heterocycles. The van der Waals surface area contributed by atoms with E-state index in [0.717, 1.165) is 10.9 Å². The number of primary amides is 1. The van der Waals surface area contributed by atoms with Crippen LogP contribution in [0.3, 0.4) is 0 Å². The third kappa shape index (κ3) is 2.92. The quantitative estimate of drug-likeness (QED) is 0.890. The Bertz CT molecular complexity index is 756. The van der Waals surface area contributed by atoms with Crippen molar-refractivity contribution in [3.8, 4) is 0 Å². The summed E-state index contributed by atoms with van der Waals surface area (Å²) < 4.78 is 39.4. The predicted molar refractivity (Wildman–Crippen MR) is 74.5 cm³/mol. The molecule has 0 aliphatic heterocycles. The van der Waals surface area contributed by atoms with Crippen molar-refractivity contribution >= 4 is 17.5 Å². The molecule has 0 unspecified atom stereocenters. The van der Waals surface area contributed by atoms with Crippen LogP contribution >= 0.6 is 0 Å². The molecule has 7 nitrogen and oxygen atoms in total. The van der Waals surface area contributed by atoms with Gasteiger partial charge in [0.1, 0.15) is 5.82 Å². The van der Waals surface area contributed by atoms with Crippen molar-refractivity contribution in [2.24, 2.45) is 11.7 Å². The molecule has 0 radical (unpaired) electrons. The molecule has 1 amide bonds. The number of carbonyl (C=O) groups excluding carboxylic acids is 1. The number of fused-ring (bicyclic) bond motifs is 1. The Morgan fingerprint density at radius 2 is 2.13 bits per heavy atom. The number of anilines is 1. The van der Waals surface area contributed by atoms with Crippen LogP contribution < -0.4 is 11.1 Å². The summed E-state index contributed by atoms with van der Waals surface area (Å²) >= 11 is 0. The maximum atomic E-state index is 12.8. The Morgan fingerprint density at radius 1 is 1.39 bits per heavy atom. The Kier molecular flexibility index (Phi) is 3.61. The van der Waals surface area contributed by atoms with E-state index in [-0.39, 0.29) is 17.7 Å². The van der Waals surface area contributed by atoms with E-state index in [1.54, 1.807) is 13.0 Å². The summed E-state index contributed by atoms with van der Waals surface area (Å²) in [6, 6.07) is 1.33. The molecule has 2 aromatic heterocycles. The minimum absolute atomic E-state index is 0.145. The fourth-order valence-corrected chi connectivity index (χ4v) is 2.87. The fraction of sp³-hybridized carbons (Fsp3) is 0.538. The van der Waals surface area contributed by atoms with Gasteiger partial charge in [-0.15, -0.1) is 5.10 Å². The zero-order valence-electron chi connectivity index (χ0n) is 12.3. The van der Waals surface area contributed by atoms with Crippen LogP contribution in [-0.4, -0.2) is 31.5 Å². The second-order valence-electron chi connectivity index (χ2n) is 5.62. The summed E-state index contributed by atoms with van der Waals surface area (Å²) in [6.07, 6.45) is -2.46. The van der Waals surface area contributed by atoms with Crippen LogP contribution in [0.25, 0.3) is 5.78 Å². The standard InChI is InChI=1S/C13H15F3N6O/c1-6-5-9(19-8-4-2-3-7(8)10(17)23)22-12(18-6)20-11(21-22)13(14,15)16/h5,7-8,19H,2-4H2,1H3,(H2,17,23)/t7-,8+/m0/s1. The average Bonchev–Trinajstić information content (AvgIpc) is 3.03. The van der Waals surface area contributed by atoms with E-state index < -0.39 is 17.9 Å². The highest BCUT2D eigenvalue weighted by Gasteiger charge is 2.37. The van der Waals surface area contributed by atoms with Crippen molar-refractivity contribution in [2.45, 2.75) is 38.4 Å². The molecule has 1 fully saturated rings. The maximum absolute atomic E-state index is 12.8. The van der Waals surface area contributed by atoms with Crippen molar-refractivity contribution in [3.63, 3.8) is 0 Å². The number of aryl methyl sites for hydroxylation is 1. The van der Waals surface area contributed by atoms with Gasteiger partial charge in [-0.1, -0.05) is 6.42 Å². The Labute approximate surface area is 129 Å². The molecule has 2 heterocycles. The van der Waals surface area contributed by atoms with E-state index in [0.29, 0.717) is 24.4 Å². The van der Waals surface area contributed by atoms with Crippen molar-refractivity contribution in [1.82, 2.24) is 19.6 Å². The summed E-state index contributed by atoms with van der Waals surface area (Å²) in [5.41, 5.74) is 5.87. The topological polar surface area (TPSA) is 98.2 Å². The molecule has 2 atom stereocenters.